The monoisotopic (exact) mass is 223 g/mol. The molecule has 1 unspecified atom stereocenters. The van der Waals surface area contributed by atoms with Crippen molar-refractivity contribution in [2.45, 2.75) is 65.4 Å². The van der Waals surface area contributed by atoms with Crippen molar-refractivity contribution < 1.29 is 5.11 Å². The van der Waals surface area contributed by atoms with E-state index in [0.29, 0.717) is 5.92 Å². The summed E-state index contributed by atoms with van der Waals surface area (Å²) in [6.45, 7) is 6.42. The molecule has 16 heavy (non-hydrogen) atoms. The van der Waals surface area contributed by atoms with E-state index in [0.717, 1.165) is 38.0 Å². The highest BCUT2D eigenvalue weighted by Crippen LogP contribution is 2.43. The van der Waals surface area contributed by atoms with E-state index < -0.39 is 11.5 Å². The average Bonchev–Trinajstić information content (AvgIpc) is 2.28. The van der Waals surface area contributed by atoms with Crippen molar-refractivity contribution in [1.29, 1.82) is 5.26 Å². The lowest BCUT2D eigenvalue weighted by Gasteiger charge is -2.38. The number of aliphatic hydroxyl groups is 1. The minimum absolute atomic E-state index is 0.435. The van der Waals surface area contributed by atoms with Gasteiger partial charge in [0.05, 0.1) is 17.6 Å². The summed E-state index contributed by atoms with van der Waals surface area (Å²) in [5.41, 5.74) is -0.448. The molecule has 1 saturated carbocycles. The second-order valence-electron chi connectivity index (χ2n) is 5.76. The van der Waals surface area contributed by atoms with Gasteiger partial charge in [0, 0.05) is 0 Å². The molecule has 0 radical (unpaired) electrons. The van der Waals surface area contributed by atoms with Crippen molar-refractivity contribution in [2.24, 2.45) is 17.3 Å². The van der Waals surface area contributed by atoms with Crippen LogP contribution in [0, 0.1) is 28.6 Å². The predicted molar refractivity (Wildman–Crippen MR) is 65.8 cm³/mol. The van der Waals surface area contributed by atoms with E-state index in [1.54, 1.807) is 0 Å². The summed E-state index contributed by atoms with van der Waals surface area (Å²) < 4.78 is 0. The van der Waals surface area contributed by atoms with Crippen LogP contribution in [0.2, 0.25) is 0 Å². The maximum absolute atomic E-state index is 10.2. The van der Waals surface area contributed by atoms with E-state index in [-0.39, 0.29) is 0 Å². The van der Waals surface area contributed by atoms with Gasteiger partial charge >= 0.3 is 0 Å². The summed E-state index contributed by atoms with van der Waals surface area (Å²) in [5, 5.41) is 19.6. The Labute approximate surface area is 99.7 Å². The van der Waals surface area contributed by atoms with E-state index in [9.17, 15) is 10.4 Å². The highest BCUT2D eigenvalue weighted by Gasteiger charge is 2.41. The molecule has 0 bridgehead atoms. The molecule has 0 aromatic heterocycles. The zero-order valence-corrected chi connectivity index (χ0v) is 10.9. The Morgan fingerprint density at radius 1 is 1.38 bits per heavy atom. The highest BCUT2D eigenvalue weighted by molar-refractivity contribution is 5.05. The van der Waals surface area contributed by atoms with Crippen LogP contribution in [0.4, 0.5) is 0 Å². The molecular weight excluding hydrogens is 198 g/mol. The first kappa shape index (κ1) is 13.5. The lowest BCUT2D eigenvalue weighted by Crippen LogP contribution is -2.38. The molecule has 0 aromatic rings. The van der Waals surface area contributed by atoms with Crippen LogP contribution in [0.3, 0.4) is 0 Å². The minimum atomic E-state index is -0.448. The van der Waals surface area contributed by atoms with Gasteiger partial charge in [0.15, 0.2) is 0 Å². The maximum Gasteiger partial charge on any atom is 0.0832 e. The maximum atomic E-state index is 10.2. The molecule has 0 spiro atoms. The van der Waals surface area contributed by atoms with Gasteiger partial charge in [0.25, 0.3) is 0 Å². The van der Waals surface area contributed by atoms with Crippen LogP contribution in [-0.4, -0.2) is 11.2 Å². The third kappa shape index (κ3) is 2.98. The Morgan fingerprint density at radius 3 is 2.31 bits per heavy atom. The largest absolute Gasteiger partial charge is 0.391 e. The number of rotatable bonds is 4. The van der Waals surface area contributed by atoms with E-state index in [4.69, 9.17) is 0 Å². The summed E-state index contributed by atoms with van der Waals surface area (Å²) >= 11 is 0. The fraction of sp³-hybridized carbons (Fsp3) is 0.929. The molecule has 0 aromatic carbocycles. The molecule has 1 fully saturated rings. The molecule has 2 nitrogen and oxygen atoms in total. The fourth-order valence-corrected chi connectivity index (χ4v) is 2.79. The van der Waals surface area contributed by atoms with Gasteiger partial charge in [-0.15, -0.1) is 0 Å². The molecule has 1 aliphatic rings. The smallest absolute Gasteiger partial charge is 0.0832 e. The molecular formula is C14H25NO. The van der Waals surface area contributed by atoms with Crippen molar-refractivity contribution in [3.8, 4) is 6.07 Å². The van der Waals surface area contributed by atoms with Gasteiger partial charge in [-0.3, -0.25) is 0 Å². The summed E-state index contributed by atoms with van der Waals surface area (Å²) in [6.07, 6.45) is 5.52. The van der Waals surface area contributed by atoms with E-state index in [1.807, 2.05) is 0 Å². The average molecular weight is 223 g/mol. The third-order valence-electron chi connectivity index (χ3n) is 4.13. The molecule has 1 atom stereocenters. The number of nitriles is 1. The van der Waals surface area contributed by atoms with E-state index in [2.05, 4.69) is 26.8 Å². The lowest BCUT2D eigenvalue weighted by atomic mass is 9.66. The van der Waals surface area contributed by atoms with Crippen molar-refractivity contribution in [3.63, 3.8) is 0 Å². The van der Waals surface area contributed by atoms with Crippen LogP contribution in [0.1, 0.15) is 59.3 Å². The number of hydrogen-bond acceptors (Lipinski definition) is 2. The first-order valence-corrected chi connectivity index (χ1v) is 6.63. The number of aliphatic hydroxyl groups excluding tert-OH is 1. The Morgan fingerprint density at radius 2 is 1.94 bits per heavy atom. The van der Waals surface area contributed by atoms with Gasteiger partial charge in [-0.2, -0.15) is 5.26 Å². The Hall–Kier alpha value is -0.550. The number of hydrogen-bond donors (Lipinski definition) is 1. The summed E-state index contributed by atoms with van der Waals surface area (Å²) in [4.78, 5) is 0. The zero-order valence-electron chi connectivity index (χ0n) is 10.9. The Kier molecular flexibility index (Phi) is 4.80. The summed E-state index contributed by atoms with van der Waals surface area (Å²) in [5.74, 6) is 1.23. The SMILES string of the molecule is CCC1CCC(C#N)(C(O)CC(C)C)CC1. The van der Waals surface area contributed by atoms with E-state index >= 15 is 0 Å². The standard InChI is InChI=1S/C14H25NO/c1-4-12-5-7-14(10-15,8-6-12)13(16)9-11(2)3/h11-13,16H,4-9H2,1-3H3. The zero-order chi connectivity index (χ0) is 12.2. The van der Waals surface area contributed by atoms with Crippen molar-refractivity contribution >= 4 is 0 Å². The van der Waals surface area contributed by atoms with Crippen molar-refractivity contribution in [3.05, 3.63) is 0 Å². The molecule has 1 aliphatic carbocycles. The molecule has 92 valence electrons. The molecule has 1 N–H and O–H groups in total. The minimum Gasteiger partial charge on any atom is -0.391 e. The van der Waals surface area contributed by atoms with Crippen LogP contribution >= 0.6 is 0 Å². The van der Waals surface area contributed by atoms with Crippen molar-refractivity contribution in [1.82, 2.24) is 0 Å². The lowest BCUT2D eigenvalue weighted by molar-refractivity contribution is 0.0120. The van der Waals surface area contributed by atoms with Gasteiger partial charge in [-0.1, -0.05) is 27.2 Å². The highest BCUT2D eigenvalue weighted by atomic mass is 16.3. The Bertz CT molecular complexity index is 246. The van der Waals surface area contributed by atoms with Gasteiger partial charge in [-0.05, 0) is 43.9 Å². The van der Waals surface area contributed by atoms with Gasteiger partial charge in [0.2, 0.25) is 0 Å². The van der Waals surface area contributed by atoms with E-state index in [1.165, 1.54) is 6.42 Å². The summed E-state index contributed by atoms with van der Waals surface area (Å²) in [7, 11) is 0. The molecule has 0 heterocycles. The fourth-order valence-electron chi connectivity index (χ4n) is 2.79. The van der Waals surface area contributed by atoms with Crippen molar-refractivity contribution in [2.75, 3.05) is 0 Å². The number of nitrogens with zero attached hydrogens (tertiary/aromatic N) is 1. The summed E-state index contributed by atoms with van der Waals surface area (Å²) in [6, 6.07) is 2.42. The van der Waals surface area contributed by atoms with Gasteiger partial charge < -0.3 is 5.11 Å². The second kappa shape index (κ2) is 5.68. The van der Waals surface area contributed by atoms with Gasteiger partial charge in [0.1, 0.15) is 0 Å². The first-order valence-electron chi connectivity index (χ1n) is 6.63. The molecule has 0 saturated heterocycles. The molecule has 0 aliphatic heterocycles. The van der Waals surface area contributed by atoms with Crippen LogP contribution < -0.4 is 0 Å². The topological polar surface area (TPSA) is 44.0 Å². The second-order valence-corrected chi connectivity index (χ2v) is 5.76. The molecule has 2 heteroatoms. The Balaban J connectivity index is 2.62. The normalized spacial score (nSPS) is 32.4. The van der Waals surface area contributed by atoms with Gasteiger partial charge in [-0.25, -0.2) is 0 Å². The van der Waals surface area contributed by atoms with Crippen LogP contribution in [0.15, 0.2) is 0 Å². The van der Waals surface area contributed by atoms with Crippen LogP contribution in [0.25, 0.3) is 0 Å². The van der Waals surface area contributed by atoms with Crippen LogP contribution in [-0.2, 0) is 0 Å². The molecule has 0 amide bonds. The predicted octanol–water partition coefficient (Wildman–Crippen LogP) is 3.50. The quantitative estimate of drug-likeness (QED) is 0.792. The van der Waals surface area contributed by atoms with Crippen LogP contribution in [0.5, 0.6) is 0 Å². The first-order chi connectivity index (χ1) is 7.54. The third-order valence-corrected chi connectivity index (χ3v) is 4.13. The molecule has 1 rings (SSSR count).